The standard InChI is InChI=1S/C14H22N2O/c1-10(11-5-7-12(15)8-6-11)16-13(17)9-14(2,3)4/h5-8,10H,9,15H2,1-4H3,(H,16,17). The van der Waals surface area contributed by atoms with Gasteiger partial charge in [0.2, 0.25) is 5.91 Å². The average molecular weight is 234 g/mol. The molecule has 17 heavy (non-hydrogen) atoms. The van der Waals surface area contributed by atoms with Crippen molar-refractivity contribution < 1.29 is 4.79 Å². The maximum absolute atomic E-state index is 11.8. The third-order valence-electron chi connectivity index (χ3n) is 2.50. The molecule has 1 aromatic carbocycles. The van der Waals surface area contributed by atoms with E-state index in [1.807, 2.05) is 31.2 Å². The average Bonchev–Trinajstić information content (AvgIpc) is 2.15. The Bertz CT molecular complexity index is 376. The Labute approximate surface area is 103 Å². The Balaban J connectivity index is 2.57. The van der Waals surface area contributed by atoms with Crippen molar-refractivity contribution >= 4 is 11.6 Å². The number of carbonyl (C=O) groups is 1. The van der Waals surface area contributed by atoms with Gasteiger partial charge in [-0.3, -0.25) is 4.79 Å². The number of anilines is 1. The molecule has 0 bridgehead atoms. The fourth-order valence-corrected chi connectivity index (χ4v) is 1.64. The van der Waals surface area contributed by atoms with E-state index in [0.29, 0.717) is 6.42 Å². The van der Waals surface area contributed by atoms with E-state index < -0.39 is 0 Å². The van der Waals surface area contributed by atoms with E-state index in [-0.39, 0.29) is 17.4 Å². The van der Waals surface area contributed by atoms with Crippen molar-refractivity contribution in [3.8, 4) is 0 Å². The number of amides is 1. The summed E-state index contributed by atoms with van der Waals surface area (Å²) in [6, 6.07) is 7.60. The molecule has 0 saturated heterocycles. The summed E-state index contributed by atoms with van der Waals surface area (Å²) in [4.78, 5) is 11.8. The second-order valence-electron chi connectivity index (χ2n) is 5.69. The van der Waals surface area contributed by atoms with Crippen LogP contribution in [0, 0.1) is 5.41 Å². The SMILES string of the molecule is CC(NC(=O)CC(C)(C)C)c1ccc(N)cc1. The largest absolute Gasteiger partial charge is 0.399 e. The third-order valence-corrected chi connectivity index (χ3v) is 2.50. The van der Waals surface area contributed by atoms with Gasteiger partial charge in [0.15, 0.2) is 0 Å². The lowest BCUT2D eigenvalue weighted by atomic mass is 9.91. The number of hydrogen-bond donors (Lipinski definition) is 2. The van der Waals surface area contributed by atoms with Crippen LogP contribution in [0.4, 0.5) is 5.69 Å². The normalized spacial score (nSPS) is 13.2. The number of carbonyl (C=O) groups excluding carboxylic acids is 1. The van der Waals surface area contributed by atoms with Crippen LogP contribution in [0.25, 0.3) is 0 Å². The van der Waals surface area contributed by atoms with Crippen molar-refractivity contribution in [3.05, 3.63) is 29.8 Å². The van der Waals surface area contributed by atoms with Crippen molar-refractivity contribution in [1.29, 1.82) is 0 Å². The van der Waals surface area contributed by atoms with Gasteiger partial charge in [0.25, 0.3) is 0 Å². The Morgan fingerprint density at radius 2 is 1.82 bits per heavy atom. The molecule has 1 rings (SSSR count). The van der Waals surface area contributed by atoms with E-state index in [9.17, 15) is 4.79 Å². The van der Waals surface area contributed by atoms with Gasteiger partial charge in [-0.25, -0.2) is 0 Å². The molecule has 0 aliphatic rings. The molecular formula is C14H22N2O. The lowest BCUT2D eigenvalue weighted by Crippen LogP contribution is -2.29. The molecule has 3 heteroatoms. The second kappa shape index (κ2) is 5.21. The number of rotatable bonds is 3. The van der Waals surface area contributed by atoms with E-state index in [4.69, 9.17) is 5.73 Å². The molecule has 0 aliphatic heterocycles. The molecule has 1 aromatic rings. The molecule has 0 heterocycles. The molecule has 3 N–H and O–H groups in total. The minimum Gasteiger partial charge on any atom is -0.399 e. The second-order valence-corrected chi connectivity index (χ2v) is 5.69. The van der Waals surface area contributed by atoms with E-state index in [2.05, 4.69) is 26.1 Å². The predicted molar refractivity (Wildman–Crippen MR) is 71.5 cm³/mol. The number of nitrogens with one attached hydrogen (secondary N) is 1. The zero-order chi connectivity index (χ0) is 13.1. The van der Waals surface area contributed by atoms with Crippen LogP contribution in [-0.2, 0) is 4.79 Å². The summed E-state index contributed by atoms with van der Waals surface area (Å²) < 4.78 is 0. The molecule has 1 unspecified atom stereocenters. The Kier molecular flexibility index (Phi) is 4.16. The first kappa shape index (κ1) is 13.6. The first-order valence-corrected chi connectivity index (χ1v) is 5.93. The van der Waals surface area contributed by atoms with Crippen LogP contribution in [0.5, 0.6) is 0 Å². The van der Waals surface area contributed by atoms with E-state index in [1.165, 1.54) is 0 Å². The smallest absolute Gasteiger partial charge is 0.220 e. The predicted octanol–water partition coefficient (Wildman–Crippen LogP) is 2.88. The Hall–Kier alpha value is -1.51. The lowest BCUT2D eigenvalue weighted by Gasteiger charge is -2.20. The first-order chi connectivity index (χ1) is 7.78. The molecule has 1 amide bonds. The minimum absolute atomic E-state index is 0.0188. The van der Waals surface area contributed by atoms with Crippen molar-refractivity contribution in [2.75, 3.05) is 5.73 Å². The van der Waals surface area contributed by atoms with Gasteiger partial charge in [0, 0.05) is 12.1 Å². The van der Waals surface area contributed by atoms with E-state index in [0.717, 1.165) is 11.3 Å². The molecule has 0 fully saturated rings. The minimum atomic E-state index is 0.0188. The van der Waals surface area contributed by atoms with Crippen molar-refractivity contribution in [3.63, 3.8) is 0 Å². The molecule has 0 spiro atoms. The number of benzene rings is 1. The highest BCUT2D eigenvalue weighted by atomic mass is 16.1. The lowest BCUT2D eigenvalue weighted by molar-refractivity contribution is -0.123. The van der Waals surface area contributed by atoms with Crippen molar-refractivity contribution in [2.45, 2.75) is 40.2 Å². The molecule has 1 atom stereocenters. The van der Waals surface area contributed by atoms with Gasteiger partial charge in [0.1, 0.15) is 0 Å². The molecule has 0 radical (unpaired) electrons. The molecule has 0 aliphatic carbocycles. The van der Waals surface area contributed by atoms with Crippen molar-refractivity contribution in [1.82, 2.24) is 5.32 Å². The van der Waals surface area contributed by atoms with Crippen LogP contribution >= 0.6 is 0 Å². The zero-order valence-electron chi connectivity index (χ0n) is 11.1. The van der Waals surface area contributed by atoms with Gasteiger partial charge in [-0.15, -0.1) is 0 Å². The highest BCUT2D eigenvalue weighted by molar-refractivity contribution is 5.77. The summed E-state index contributed by atoms with van der Waals surface area (Å²) in [5.41, 5.74) is 7.45. The third kappa shape index (κ3) is 4.89. The van der Waals surface area contributed by atoms with Crippen LogP contribution in [0.15, 0.2) is 24.3 Å². The Morgan fingerprint density at radius 1 is 1.29 bits per heavy atom. The monoisotopic (exact) mass is 234 g/mol. The number of nitrogen functional groups attached to an aromatic ring is 1. The van der Waals surface area contributed by atoms with Crippen LogP contribution in [0.2, 0.25) is 0 Å². The molecular weight excluding hydrogens is 212 g/mol. The molecule has 0 aromatic heterocycles. The highest BCUT2D eigenvalue weighted by Crippen LogP contribution is 2.20. The van der Waals surface area contributed by atoms with Gasteiger partial charge in [-0.2, -0.15) is 0 Å². The summed E-state index contributed by atoms with van der Waals surface area (Å²) >= 11 is 0. The summed E-state index contributed by atoms with van der Waals surface area (Å²) in [7, 11) is 0. The van der Waals surface area contributed by atoms with Crippen LogP contribution < -0.4 is 11.1 Å². The van der Waals surface area contributed by atoms with Gasteiger partial charge in [-0.05, 0) is 30.0 Å². The molecule has 94 valence electrons. The Morgan fingerprint density at radius 3 is 2.29 bits per heavy atom. The molecule has 3 nitrogen and oxygen atoms in total. The van der Waals surface area contributed by atoms with E-state index >= 15 is 0 Å². The maximum Gasteiger partial charge on any atom is 0.220 e. The zero-order valence-corrected chi connectivity index (χ0v) is 11.1. The first-order valence-electron chi connectivity index (χ1n) is 5.93. The van der Waals surface area contributed by atoms with Gasteiger partial charge in [-0.1, -0.05) is 32.9 Å². The molecule has 0 saturated carbocycles. The van der Waals surface area contributed by atoms with Crippen molar-refractivity contribution in [2.24, 2.45) is 5.41 Å². The van der Waals surface area contributed by atoms with Crippen LogP contribution in [0.1, 0.15) is 45.7 Å². The fourth-order valence-electron chi connectivity index (χ4n) is 1.64. The quantitative estimate of drug-likeness (QED) is 0.790. The number of nitrogens with two attached hydrogens (primary N) is 1. The highest BCUT2D eigenvalue weighted by Gasteiger charge is 2.17. The summed E-state index contributed by atoms with van der Waals surface area (Å²) in [5, 5.41) is 2.99. The van der Waals surface area contributed by atoms with Gasteiger partial charge in [0.05, 0.1) is 6.04 Å². The summed E-state index contributed by atoms with van der Waals surface area (Å²) in [6.45, 7) is 8.15. The topological polar surface area (TPSA) is 55.1 Å². The van der Waals surface area contributed by atoms with E-state index in [1.54, 1.807) is 0 Å². The maximum atomic E-state index is 11.8. The number of hydrogen-bond acceptors (Lipinski definition) is 2. The fraction of sp³-hybridized carbons (Fsp3) is 0.500. The van der Waals surface area contributed by atoms with Gasteiger partial charge >= 0.3 is 0 Å². The van der Waals surface area contributed by atoms with Crippen LogP contribution in [0.3, 0.4) is 0 Å². The van der Waals surface area contributed by atoms with Crippen LogP contribution in [-0.4, -0.2) is 5.91 Å². The summed E-state index contributed by atoms with van der Waals surface area (Å²) in [5.74, 6) is 0.0850. The summed E-state index contributed by atoms with van der Waals surface area (Å²) in [6.07, 6.45) is 0.534. The van der Waals surface area contributed by atoms with Gasteiger partial charge < -0.3 is 11.1 Å².